The molecular weight excluding hydrogens is 398 g/mol. The number of rotatable bonds is 8. The third-order valence-electron chi connectivity index (χ3n) is 4.58. The average molecular weight is 422 g/mol. The molecule has 0 spiro atoms. The fourth-order valence-electron chi connectivity index (χ4n) is 2.81. The highest BCUT2D eigenvalue weighted by Crippen LogP contribution is 2.32. The van der Waals surface area contributed by atoms with Crippen molar-refractivity contribution in [2.75, 3.05) is 17.2 Å². The maximum Gasteiger partial charge on any atom is 0.227 e. The highest BCUT2D eigenvalue weighted by molar-refractivity contribution is 6.30. The SMILES string of the molecule is CCn1nnc2c(NCc3c(O)cc(Cl)cc3O)nc(NC(CO)C(C)C)nc21. The summed E-state index contributed by atoms with van der Waals surface area (Å²) < 4.78 is 1.63. The Morgan fingerprint density at radius 2 is 1.86 bits per heavy atom. The molecule has 0 aliphatic heterocycles. The van der Waals surface area contributed by atoms with Crippen LogP contribution in [0.5, 0.6) is 11.5 Å². The number of halogens is 1. The first kappa shape index (κ1) is 20.9. The number of phenolic OH excluding ortho intramolecular Hbond substituents is 2. The second-order valence-electron chi connectivity index (χ2n) is 6.93. The van der Waals surface area contributed by atoms with Gasteiger partial charge in [-0.05, 0) is 25.0 Å². The number of aromatic nitrogens is 5. The number of hydrogen-bond acceptors (Lipinski definition) is 9. The third-order valence-corrected chi connectivity index (χ3v) is 4.80. The van der Waals surface area contributed by atoms with Crippen LogP contribution in [0.1, 0.15) is 26.3 Å². The summed E-state index contributed by atoms with van der Waals surface area (Å²) >= 11 is 5.83. The molecule has 11 heteroatoms. The summed E-state index contributed by atoms with van der Waals surface area (Å²) in [4.78, 5) is 8.95. The van der Waals surface area contributed by atoms with Crippen molar-refractivity contribution in [3.8, 4) is 11.5 Å². The Labute approximate surface area is 172 Å². The monoisotopic (exact) mass is 421 g/mol. The zero-order valence-electron chi connectivity index (χ0n) is 16.4. The lowest BCUT2D eigenvalue weighted by Gasteiger charge is -2.20. The molecular formula is C18H24ClN7O3. The molecule has 2 aromatic heterocycles. The molecule has 3 rings (SSSR count). The van der Waals surface area contributed by atoms with Gasteiger partial charge in [-0.2, -0.15) is 9.97 Å². The molecule has 0 amide bonds. The van der Waals surface area contributed by atoms with E-state index in [0.717, 1.165) is 0 Å². The molecule has 29 heavy (non-hydrogen) atoms. The van der Waals surface area contributed by atoms with Gasteiger partial charge in [-0.1, -0.05) is 30.7 Å². The number of aliphatic hydroxyl groups excluding tert-OH is 1. The van der Waals surface area contributed by atoms with Crippen LogP contribution in [-0.2, 0) is 13.1 Å². The topological polar surface area (TPSA) is 141 Å². The first-order chi connectivity index (χ1) is 13.8. The zero-order chi connectivity index (χ0) is 21.1. The molecule has 0 bridgehead atoms. The van der Waals surface area contributed by atoms with Crippen LogP contribution in [0.4, 0.5) is 11.8 Å². The van der Waals surface area contributed by atoms with E-state index in [1.807, 2.05) is 20.8 Å². The van der Waals surface area contributed by atoms with Crippen molar-refractivity contribution in [1.82, 2.24) is 25.0 Å². The summed E-state index contributed by atoms with van der Waals surface area (Å²) in [6, 6.07) is 2.47. The second-order valence-corrected chi connectivity index (χ2v) is 7.36. The first-order valence-corrected chi connectivity index (χ1v) is 9.64. The maximum absolute atomic E-state index is 10.1. The highest BCUT2D eigenvalue weighted by atomic mass is 35.5. The van der Waals surface area contributed by atoms with Crippen molar-refractivity contribution in [3.63, 3.8) is 0 Å². The largest absolute Gasteiger partial charge is 0.507 e. The van der Waals surface area contributed by atoms with Crippen molar-refractivity contribution in [2.24, 2.45) is 5.92 Å². The smallest absolute Gasteiger partial charge is 0.227 e. The molecule has 10 nitrogen and oxygen atoms in total. The van der Waals surface area contributed by atoms with Crippen LogP contribution in [0.3, 0.4) is 0 Å². The number of aromatic hydroxyl groups is 2. The van der Waals surface area contributed by atoms with E-state index in [2.05, 4.69) is 30.9 Å². The lowest BCUT2D eigenvalue weighted by Crippen LogP contribution is -2.30. The first-order valence-electron chi connectivity index (χ1n) is 9.26. The van der Waals surface area contributed by atoms with Gasteiger partial charge in [-0.25, -0.2) is 4.68 Å². The molecule has 5 N–H and O–H groups in total. The van der Waals surface area contributed by atoms with E-state index in [4.69, 9.17) is 11.6 Å². The molecule has 2 heterocycles. The summed E-state index contributed by atoms with van der Waals surface area (Å²) in [5, 5.41) is 44.4. The number of phenols is 2. The number of aryl methyl sites for hydroxylation is 1. The normalized spacial score (nSPS) is 12.5. The third kappa shape index (κ3) is 4.43. The fraction of sp³-hybridized carbons (Fsp3) is 0.444. The Morgan fingerprint density at radius 3 is 2.45 bits per heavy atom. The van der Waals surface area contributed by atoms with Gasteiger partial charge >= 0.3 is 0 Å². The molecule has 0 saturated heterocycles. The minimum Gasteiger partial charge on any atom is -0.507 e. The van der Waals surface area contributed by atoms with Crippen molar-refractivity contribution in [3.05, 3.63) is 22.7 Å². The summed E-state index contributed by atoms with van der Waals surface area (Å²) in [5.74, 6) is 0.584. The van der Waals surface area contributed by atoms with E-state index < -0.39 is 0 Å². The lowest BCUT2D eigenvalue weighted by atomic mass is 10.1. The summed E-state index contributed by atoms with van der Waals surface area (Å²) in [6.07, 6.45) is 0. The van der Waals surface area contributed by atoms with Gasteiger partial charge in [0.15, 0.2) is 17.0 Å². The van der Waals surface area contributed by atoms with Crippen LogP contribution < -0.4 is 10.6 Å². The van der Waals surface area contributed by atoms with E-state index in [-0.39, 0.29) is 47.2 Å². The maximum atomic E-state index is 10.1. The van der Waals surface area contributed by atoms with E-state index in [1.165, 1.54) is 12.1 Å². The predicted octanol–water partition coefficient (Wildman–Crippen LogP) is 2.35. The molecule has 1 atom stereocenters. The molecule has 0 aliphatic carbocycles. The Kier molecular flexibility index (Phi) is 6.23. The Balaban J connectivity index is 1.97. The van der Waals surface area contributed by atoms with Crippen LogP contribution >= 0.6 is 11.6 Å². The van der Waals surface area contributed by atoms with Gasteiger partial charge in [0.25, 0.3) is 0 Å². The lowest BCUT2D eigenvalue weighted by molar-refractivity contribution is 0.248. The quantitative estimate of drug-likeness (QED) is 0.370. The molecule has 0 saturated carbocycles. The standard InChI is InChI=1S/C18H24ClN7O3/c1-4-26-17-15(24-25-26)16(22-18(23-17)21-12(8-27)9(2)3)20-7-11-13(28)5-10(19)6-14(11)29/h5-6,9,12,27-29H,4,7-8H2,1-3H3,(H2,20,21,22,23). The number of nitrogens with one attached hydrogen (secondary N) is 2. The van der Waals surface area contributed by atoms with E-state index >= 15 is 0 Å². The highest BCUT2D eigenvalue weighted by Gasteiger charge is 2.19. The molecule has 156 valence electrons. The van der Waals surface area contributed by atoms with Crippen LogP contribution in [0.15, 0.2) is 12.1 Å². The van der Waals surface area contributed by atoms with Crippen LogP contribution in [-0.4, -0.2) is 52.9 Å². The van der Waals surface area contributed by atoms with Crippen molar-refractivity contribution in [1.29, 1.82) is 0 Å². The Morgan fingerprint density at radius 1 is 1.17 bits per heavy atom. The number of fused-ring (bicyclic) bond motifs is 1. The van der Waals surface area contributed by atoms with Crippen molar-refractivity contribution < 1.29 is 15.3 Å². The van der Waals surface area contributed by atoms with Gasteiger partial charge in [-0.3, -0.25) is 0 Å². The molecule has 1 unspecified atom stereocenters. The van der Waals surface area contributed by atoms with Gasteiger partial charge in [0, 0.05) is 18.1 Å². The van der Waals surface area contributed by atoms with Gasteiger partial charge in [-0.15, -0.1) is 5.10 Å². The van der Waals surface area contributed by atoms with Gasteiger partial charge in [0.05, 0.1) is 18.2 Å². The number of anilines is 2. The van der Waals surface area contributed by atoms with Gasteiger partial charge < -0.3 is 26.0 Å². The number of hydrogen-bond donors (Lipinski definition) is 5. The van der Waals surface area contributed by atoms with Crippen LogP contribution in [0.25, 0.3) is 11.2 Å². The van der Waals surface area contributed by atoms with Crippen LogP contribution in [0.2, 0.25) is 5.02 Å². The summed E-state index contributed by atoms with van der Waals surface area (Å²) in [5.41, 5.74) is 1.25. The van der Waals surface area contributed by atoms with E-state index in [1.54, 1.807) is 4.68 Å². The molecule has 3 aromatic rings. The minimum atomic E-state index is -0.226. The summed E-state index contributed by atoms with van der Waals surface area (Å²) in [7, 11) is 0. The van der Waals surface area contributed by atoms with Gasteiger partial charge in [0.2, 0.25) is 5.95 Å². The summed E-state index contributed by atoms with van der Waals surface area (Å²) in [6.45, 7) is 6.46. The second kappa shape index (κ2) is 8.66. The van der Waals surface area contributed by atoms with Crippen molar-refractivity contribution >= 4 is 34.5 Å². The average Bonchev–Trinajstić information content (AvgIpc) is 3.08. The number of nitrogens with zero attached hydrogens (tertiary/aromatic N) is 5. The zero-order valence-corrected chi connectivity index (χ0v) is 17.1. The Hall–Kier alpha value is -2.85. The molecule has 1 aromatic carbocycles. The Bertz CT molecular complexity index is 986. The van der Waals surface area contributed by atoms with Crippen LogP contribution in [0, 0.1) is 5.92 Å². The number of benzene rings is 1. The minimum absolute atomic E-state index is 0.0698. The van der Waals surface area contributed by atoms with Gasteiger partial charge in [0.1, 0.15) is 11.5 Å². The molecule has 0 aliphatic rings. The predicted molar refractivity (Wildman–Crippen MR) is 110 cm³/mol. The fourth-order valence-corrected chi connectivity index (χ4v) is 3.01. The molecule has 0 radical (unpaired) electrons. The molecule has 0 fully saturated rings. The van der Waals surface area contributed by atoms with E-state index in [9.17, 15) is 15.3 Å². The van der Waals surface area contributed by atoms with E-state index in [0.29, 0.717) is 29.5 Å². The number of aliphatic hydroxyl groups is 1. The van der Waals surface area contributed by atoms with Crippen molar-refractivity contribution in [2.45, 2.75) is 39.9 Å².